The van der Waals surface area contributed by atoms with Crippen LogP contribution in [0.5, 0.6) is 0 Å². The third-order valence-corrected chi connectivity index (χ3v) is 4.63. The SMILES string of the molecule is Cc1ccccc1C(=O)N(C)CC(=O)Nc1ccc(N2CCOCC2)cc1. The zero-order valence-electron chi connectivity index (χ0n) is 15.8. The highest BCUT2D eigenvalue weighted by Gasteiger charge is 2.17. The lowest BCUT2D eigenvalue weighted by atomic mass is 10.1. The molecule has 2 amide bonds. The Bertz CT molecular complexity index is 799. The third kappa shape index (κ3) is 4.86. The number of ether oxygens (including phenoxy) is 1. The zero-order chi connectivity index (χ0) is 19.2. The molecule has 1 heterocycles. The molecule has 6 nitrogen and oxygen atoms in total. The number of likely N-dealkylation sites (N-methyl/N-ethyl adjacent to an activating group) is 1. The van der Waals surface area contributed by atoms with E-state index in [0.29, 0.717) is 11.3 Å². The molecule has 0 bridgehead atoms. The molecule has 1 N–H and O–H groups in total. The Morgan fingerprint density at radius 1 is 1.07 bits per heavy atom. The van der Waals surface area contributed by atoms with Gasteiger partial charge in [-0.15, -0.1) is 0 Å². The number of carbonyl (C=O) groups is 2. The molecule has 0 radical (unpaired) electrons. The van der Waals surface area contributed by atoms with Gasteiger partial charge in [-0.05, 0) is 42.8 Å². The fraction of sp³-hybridized carbons (Fsp3) is 0.333. The van der Waals surface area contributed by atoms with E-state index in [4.69, 9.17) is 4.74 Å². The van der Waals surface area contributed by atoms with Crippen LogP contribution in [-0.2, 0) is 9.53 Å². The summed E-state index contributed by atoms with van der Waals surface area (Å²) in [6.07, 6.45) is 0. The Labute approximate surface area is 159 Å². The fourth-order valence-electron chi connectivity index (χ4n) is 3.08. The molecule has 2 aromatic carbocycles. The minimum Gasteiger partial charge on any atom is -0.378 e. The van der Waals surface area contributed by atoms with E-state index in [1.165, 1.54) is 4.90 Å². The second-order valence-corrected chi connectivity index (χ2v) is 6.67. The van der Waals surface area contributed by atoms with Crippen LogP contribution in [0, 0.1) is 6.92 Å². The molecule has 142 valence electrons. The maximum absolute atomic E-state index is 12.5. The first-order valence-corrected chi connectivity index (χ1v) is 9.08. The molecule has 3 rings (SSSR count). The van der Waals surface area contributed by atoms with E-state index < -0.39 is 0 Å². The lowest BCUT2D eigenvalue weighted by Gasteiger charge is -2.28. The van der Waals surface area contributed by atoms with E-state index in [9.17, 15) is 9.59 Å². The Balaban J connectivity index is 1.55. The Morgan fingerprint density at radius 3 is 2.41 bits per heavy atom. The molecule has 2 aromatic rings. The summed E-state index contributed by atoms with van der Waals surface area (Å²) in [6.45, 7) is 5.10. The summed E-state index contributed by atoms with van der Waals surface area (Å²) in [4.78, 5) is 28.5. The molecule has 1 aliphatic rings. The minimum atomic E-state index is -0.224. The van der Waals surface area contributed by atoms with Crippen LogP contribution in [0.2, 0.25) is 0 Å². The van der Waals surface area contributed by atoms with Gasteiger partial charge in [0.05, 0.1) is 19.8 Å². The summed E-state index contributed by atoms with van der Waals surface area (Å²) in [6, 6.07) is 15.1. The average Bonchev–Trinajstić information content (AvgIpc) is 2.69. The van der Waals surface area contributed by atoms with Crippen LogP contribution in [0.1, 0.15) is 15.9 Å². The van der Waals surface area contributed by atoms with Gasteiger partial charge < -0.3 is 19.9 Å². The highest BCUT2D eigenvalue weighted by molar-refractivity contribution is 6.00. The molecule has 0 saturated carbocycles. The standard InChI is InChI=1S/C21H25N3O3/c1-16-5-3-4-6-19(16)21(26)23(2)15-20(25)22-17-7-9-18(10-8-17)24-11-13-27-14-12-24/h3-10H,11-15H2,1-2H3,(H,22,25). The molecule has 0 spiro atoms. The summed E-state index contributed by atoms with van der Waals surface area (Å²) in [5.41, 5.74) is 3.34. The van der Waals surface area contributed by atoms with E-state index in [2.05, 4.69) is 10.2 Å². The van der Waals surface area contributed by atoms with Gasteiger partial charge in [0.1, 0.15) is 0 Å². The van der Waals surface area contributed by atoms with Gasteiger partial charge in [0.15, 0.2) is 0 Å². The lowest BCUT2D eigenvalue weighted by Crippen LogP contribution is -2.36. The molecule has 0 unspecified atom stereocenters. The van der Waals surface area contributed by atoms with Crippen molar-refractivity contribution in [3.8, 4) is 0 Å². The summed E-state index contributed by atoms with van der Waals surface area (Å²) in [5.74, 6) is -0.385. The quantitative estimate of drug-likeness (QED) is 0.882. The number of hydrogen-bond acceptors (Lipinski definition) is 4. The van der Waals surface area contributed by atoms with Gasteiger partial charge in [-0.25, -0.2) is 0 Å². The molecule has 0 atom stereocenters. The van der Waals surface area contributed by atoms with Gasteiger partial charge in [0, 0.05) is 37.1 Å². The van der Waals surface area contributed by atoms with Crippen LogP contribution in [0.3, 0.4) is 0 Å². The largest absolute Gasteiger partial charge is 0.378 e. The van der Waals surface area contributed by atoms with Crippen molar-refractivity contribution in [2.45, 2.75) is 6.92 Å². The van der Waals surface area contributed by atoms with Crippen molar-refractivity contribution in [3.05, 3.63) is 59.7 Å². The number of morpholine rings is 1. The number of aryl methyl sites for hydroxylation is 1. The third-order valence-electron chi connectivity index (χ3n) is 4.63. The van der Waals surface area contributed by atoms with E-state index in [0.717, 1.165) is 37.6 Å². The number of amides is 2. The summed E-state index contributed by atoms with van der Waals surface area (Å²) in [5, 5.41) is 2.85. The van der Waals surface area contributed by atoms with Gasteiger partial charge in [-0.2, -0.15) is 0 Å². The van der Waals surface area contributed by atoms with Crippen LogP contribution < -0.4 is 10.2 Å². The first-order valence-electron chi connectivity index (χ1n) is 9.08. The predicted molar refractivity (Wildman–Crippen MR) is 106 cm³/mol. The van der Waals surface area contributed by atoms with Crippen molar-refractivity contribution in [1.29, 1.82) is 0 Å². The van der Waals surface area contributed by atoms with Crippen LogP contribution in [-0.4, -0.2) is 56.6 Å². The fourth-order valence-corrected chi connectivity index (χ4v) is 3.08. The average molecular weight is 367 g/mol. The summed E-state index contributed by atoms with van der Waals surface area (Å²) in [7, 11) is 1.63. The highest BCUT2D eigenvalue weighted by atomic mass is 16.5. The number of anilines is 2. The van der Waals surface area contributed by atoms with Gasteiger partial charge in [-0.3, -0.25) is 9.59 Å². The van der Waals surface area contributed by atoms with Gasteiger partial charge in [0.2, 0.25) is 5.91 Å². The van der Waals surface area contributed by atoms with Crippen molar-refractivity contribution in [3.63, 3.8) is 0 Å². The lowest BCUT2D eigenvalue weighted by molar-refractivity contribution is -0.116. The molecule has 0 aliphatic carbocycles. The number of hydrogen-bond donors (Lipinski definition) is 1. The van der Waals surface area contributed by atoms with E-state index in [-0.39, 0.29) is 18.4 Å². The molecule has 6 heteroatoms. The Hall–Kier alpha value is -2.86. The minimum absolute atomic E-state index is 0.00160. The normalized spacial score (nSPS) is 13.9. The van der Waals surface area contributed by atoms with Gasteiger partial charge in [-0.1, -0.05) is 18.2 Å². The number of nitrogens with zero attached hydrogens (tertiary/aromatic N) is 2. The maximum Gasteiger partial charge on any atom is 0.254 e. The predicted octanol–water partition coefficient (Wildman–Crippen LogP) is 2.54. The molecule has 0 aromatic heterocycles. The molecule has 1 saturated heterocycles. The molecule has 1 fully saturated rings. The first-order chi connectivity index (χ1) is 13.0. The topological polar surface area (TPSA) is 61.9 Å². The second kappa shape index (κ2) is 8.68. The van der Waals surface area contributed by atoms with E-state index in [1.807, 2.05) is 49.4 Å². The number of nitrogens with one attached hydrogen (secondary N) is 1. The van der Waals surface area contributed by atoms with Crippen LogP contribution in [0.4, 0.5) is 11.4 Å². The highest BCUT2D eigenvalue weighted by Crippen LogP contribution is 2.19. The van der Waals surface area contributed by atoms with Crippen LogP contribution in [0.25, 0.3) is 0 Å². The maximum atomic E-state index is 12.5. The van der Waals surface area contributed by atoms with Crippen molar-refractivity contribution in [2.24, 2.45) is 0 Å². The summed E-state index contributed by atoms with van der Waals surface area (Å²) >= 11 is 0. The Kier molecular flexibility index (Phi) is 6.08. The van der Waals surface area contributed by atoms with Crippen molar-refractivity contribution < 1.29 is 14.3 Å². The molecular formula is C21H25N3O3. The van der Waals surface area contributed by atoms with Gasteiger partial charge in [0.25, 0.3) is 5.91 Å². The van der Waals surface area contributed by atoms with Crippen molar-refractivity contribution >= 4 is 23.2 Å². The number of rotatable bonds is 5. The second-order valence-electron chi connectivity index (χ2n) is 6.67. The Morgan fingerprint density at radius 2 is 1.74 bits per heavy atom. The number of carbonyl (C=O) groups excluding carboxylic acids is 2. The van der Waals surface area contributed by atoms with Crippen LogP contribution >= 0.6 is 0 Å². The number of benzene rings is 2. The van der Waals surface area contributed by atoms with E-state index >= 15 is 0 Å². The first kappa shape index (κ1) is 18.9. The van der Waals surface area contributed by atoms with Crippen molar-refractivity contribution in [2.75, 3.05) is 50.1 Å². The van der Waals surface area contributed by atoms with Gasteiger partial charge >= 0.3 is 0 Å². The molecule has 27 heavy (non-hydrogen) atoms. The van der Waals surface area contributed by atoms with Crippen LogP contribution in [0.15, 0.2) is 48.5 Å². The molecule has 1 aliphatic heterocycles. The molecular weight excluding hydrogens is 342 g/mol. The van der Waals surface area contributed by atoms with E-state index in [1.54, 1.807) is 13.1 Å². The van der Waals surface area contributed by atoms with Crippen molar-refractivity contribution in [1.82, 2.24) is 4.90 Å². The zero-order valence-corrected chi connectivity index (χ0v) is 15.8. The summed E-state index contributed by atoms with van der Waals surface area (Å²) < 4.78 is 5.36. The smallest absolute Gasteiger partial charge is 0.254 e. The monoisotopic (exact) mass is 367 g/mol.